The van der Waals surface area contributed by atoms with Gasteiger partial charge in [0.25, 0.3) is 0 Å². The molecule has 0 spiro atoms. The van der Waals surface area contributed by atoms with Gasteiger partial charge in [0.2, 0.25) is 11.7 Å². The summed E-state index contributed by atoms with van der Waals surface area (Å²) in [5.74, 6) is -0.748. The maximum absolute atomic E-state index is 13.6. The first-order chi connectivity index (χ1) is 9.95. The fraction of sp³-hybridized carbons (Fsp3) is 0.333. The Morgan fingerprint density at radius 2 is 2.19 bits per heavy atom. The highest BCUT2D eigenvalue weighted by Crippen LogP contribution is 2.33. The molecule has 1 aromatic carbocycles. The van der Waals surface area contributed by atoms with Crippen LogP contribution in [0.4, 0.5) is 4.39 Å². The standard InChI is InChI=1S/C15H15BrFNO3/c1-4-20-15(19)13-12(8(2)3)18-14(21-13)9-6-5-7-10(17)11(9)16/h5-8H,4H2,1-3H3. The van der Waals surface area contributed by atoms with E-state index in [-0.39, 0.29) is 28.6 Å². The van der Waals surface area contributed by atoms with E-state index < -0.39 is 11.8 Å². The van der Waals surface area contributed by atoms with Crippen molar-refractivity contribution in [2.75, 3.05) is 6.61 Å². The number of hydrogen-bond donors (Lipinski definition) is 0. The molecule has 0 unspecified atom stereocenters. The molecule has 0 aliphatic rings. The monoisotopic (exact) mass is 355 g/mol. The number of rotatable bonds is 4. The van der Waals surface area contributed by atoms with Gasteiger partial charge in [-0.25, -0.2) is 14.2 Å². The van der Waals surface area contributed by atoms with E-state index in [9.17, 15) is 9.18 Å². The normalized spacial score (nSPS) is 11.0. The third kappa shape index (κ3) is 3.15. The van der Waals surface area contributed by atoms with Crippen LogP contribution in [0.25, 0.3) is 11.5 Å². The van der Waals surface area contributed by atoms with Gasteiger partial charge in [0.1, 0.15) is 5.82 Å². The van der Waals surface area contributed by atoms with Gasteiger partial charge in [0.05, 0.1) is 22.3 Å². The number of esters is 1. The summed E-state index contributed by atoms with van der Waals surface area (Å²) in [5.41, 5.74) is 0.951. The van der Waals surface area contributed by atoms with Crippen molar-refractivity contribution in [3.63, 3.8) is 0 Å². The molecule has 2 aromatic rings. The largest absolute Gasteiger partial charge is 0.460 e. The maximum Gasteiger partial charge on any atom is 0.376 e. The summed E-state index contributed by atoms with van der Waals surface area (Å²) in [4.78, 5) is 16.2. The molecular formula is C15H15BrFNO3. The average Bonchev–Trinajstić information content (AvgIpc) is 2.87. The van der Waals surface area contributed by atoms with Crippen molar-refractivity contribution in [2.45, 2.75) is 26.7 Å². The van der Waals surface area contributed by atoms with E-state index in [0.717, 1.165) is 0 Å². The molecule has 0 saturated heterocycles. The van der Waals surface area contributed by atoms with Gasteiger partial charge in [-0.3, -0.25) is 0 Å². The molecule has 1 heterocycles. The minimum absolute atomic E-state index is 0.0192. The Balaban J connectivity index is 2.54. The van der Waals surface area contributed by atoms with Gasteiger partial charge in [-0.15, -0.1) is 0 Å². The molecule has 0 radical (unpaired) electrons. The first kappa shape index (κ1) is 15.7. The first-order valence-electron chi connectivity index (χ1n) is 6.57. The lowest BCUT2D eigenvalue weighted by molar-refractivity contribution is 0.0488. The highest BCUT2D eigenvalue weighted by molar-refractivity contribution is 9.10. The zero-order chi connectivity index (χ0) is 15.6. The number of aromatic nitrogens is 1. The number of hydrogen-bond acceptors (Lipinski definition) is 4. The van der Waals surface area contributed by atoms with Crippen LogP contribution >= 0.6 is 15.9 Å². The minimum atomic E-state index is -0.563. The third-order valence-electron chi connectivity index (χ3n) is 2.84. The molecule has 112 valence electrons. The lowest BCUT2D eigenvalue weighted by Gasteiger charge is -2.02. The van der Waals surface area contributed by atoms with Crippen molar-refractivity contribution in [2.24, 2.45) is 0 Å². The Hall–Kier alpha value is -1.69. The highest BCUT2D eigenvalue weighted by atomic mass is 79.9. The van der Waals surface area contributed by atoms with E-state index in [1.54, 1.807) is 19.1 Å². The average molecular weight is 356 g/mol. The topological polar surface area (TPSA) is 52.3 Å². The third-order valence-corrected chi connectivity index (χ3v) is 3.65. The van der Waals surface area contributed by atoms with Crippen LogP contribution in [0.15, 0.2) is 27.1 Å². The smallest absolute Gasteiger partial charge is 0.376 e. The molecule has 2 rings (SSSR count). The molecule has 0 aliphatic heterocycles. The maximum atomic E-state index is 13.6. The predicted molar refractivity (Wildman–Crippen MR) is 79.6 cm³/mol. The number of benzene rings is 1. The number of nitrogens with zero attached hydrogens (tertiary/aromatic N) is 1. The summed E-state index contributed by atoms with van der Waals surface area (Å²) < 4.78 is 24.3. The van der Waals surface area contributed by atoms with Gasteiger partial charge in [0.15, 0.2) is 0 Å². The predicted octanol–water partition coefficient (Wildman–Crippen LogP) is 4.54. The summed E-state index contributed by atoms with van der Waals surface area (Å²) >= 11 is 3.16. The molecule has 6 heteroatoms. The van der Waals surface area contributed by atoms with Gasteiger partial charge in [-0.2, -0.15) is 0 Å². The van der Waals surface area contributed by atoms with Gasteiger partial charge in [0, 0.05) is 0 Å². The van der Waals surface area contributed by atoms with E-state index in [2.05, 4.69) is 20.9 Å². The second-order valence-corrected chi connectivity index (χ2v) is 5.50. The quantitative estimate of drug-likeness (QED) is 0.755. The molecule has 0 N–H and O–H groups in total. The molecule has 0 amide bonds. The molecule has 21 heavy (non-hydrogen) atoms. The van der Waals surface area contributed by atoms with Crippen LogP contribution in [0.2, 0.25) is 0 Å². The van der Waals surface area contributed by atoms with Crippen molar-refractivity contribution < 1.29 is 18.3 Å². The number of carbonyl (C=O) groups is 1. The second kappa shape index (κ2) is 6.39. The summed E-state index contributed by atoms with van der Waals surface area (Å²) in [6.07, 6.45) is 0. The number of ether oxygens (including phenoxy) is 1. The zero-order valence-electron chi connectivity index (χ0n) is 11.9. The van der Waals surface area contributed by atoms with Crippen molar-refractivity contribution in [1.29, 1.82) is 0 Å². The number of halogens is 2. The zero-order valence-corrected chi connectivity index (χ0v) is 13.5. The van der Waals surface area contributed by atoms with E-state index in [0.29, 0.717) is 11.3 Å². The van der Waals surface area contributed by atoms with Crippen LogP contribution in [0.3, 0.4) is 0 Å². The second-order valence-electron chi connectivity index (χ2n) is 4.71. The Kier molecular flexibility index (Phi) is 4.77. The van der Waals surface area contributed by atoms with Gasteiger partial charge in [-0.1, -0.05) is 19.9 Å². The van der Waals surface area contributed by atoms with E-state index >= 15 is 0 Å². The number of carbonyl (C=O) groups excluding carboxylic acids is 1. The van der Waals surface area contributed by atoms with Crippen LogP contribution < -0.4 is 0 Å². The Labute approximate surface area is 130 Å². The molecule has 4 nitrogen and oxygen atoms in total. The van der Waals surface area contributed by atoms with Crippen molar-refractivity contribution >= 4 is 21.9 Å². The van der Waals surface area contributed by atoms with E-state index in [1.807, 2.05) is 13.8 Å². The van der Waals surface area contributed by atoms with Gasteiger partial charge in [-0.05, 0) is 40.9 Å². The highest BCUT2D eigenvalue weighted by Gasteiger charge is 2.25. The molecule has 0 bridgehead atoms. The van der Waals surface area contributed by atoms with Gasteiger partial charge >= 0.3 is 5.97 Å². The van der Waals surface area contributed by atoms with Crippen molar-refractivity contribution in [3.05, 3.63) is 39.9 Å². The summed E-state index contributed by atoms with van der Waals surface area (Å²) in [7, 11) is 0. The van der Waals surface area contributed by atoms with Crippen LogP contribution in [-0.4, -0.2) is 17.6 Å². The fourth-order valence-electron chi connectivity index (χ4n) is 1.85. The summed E-state index contributed by atoms with van der Waals surface area (Å²) in [6, 6.07) is 4.54. The fourth-order valence-corrected chi connectivity index (χ4v) is 2.28. The van der Waals surface area contributed by atoms with Crippen molar-refractivity contribution in [1.82, 2.24) is 4.98 Å². The lowest BCUT2D eigenvalue weighted by atomic mass is 10.1. The van der Waals surface area contributed by atoms with Crippen molar-refractivity contribution in [3.8, 4) is 11.5 Å². The summed E-state index contributed by atoms with van der Waals surface area (Å²) in [6.45, 7) is 5.75. The van der Waals surface area contributed by atoms with Gasteiger partial charge < -0.3 is 9.15 Å². The van der Waals surface area contributed by atoms with Crippen LogP contribution in [0.1, 0.15) is 42.9 Å². The molecule has 1 aromatic heterocycles. The lowest BCUT2D eigenvalue weighted by Crippen LogP contribution is -2.07. The van der Waals surface area contributed by atoms with Crippen LogP contribution in [-0.2, 0) is 4.74 Å². The van der Waals surface area contributed by atoms with E-state index in [1.165, 1.54) is 6.07 Å². The first-order valence-corrected chi connectivity index (χ1v) is 7.37. The molecule has 0 fully saturated rings. The minimum Gasteiger partial charge on any atom is -0.460 e. The molecule has 0 atom stereocenters. The van der Waals surface area contributed by atoms with Crippen LogP contribution in [0, 0.1) is 5.82 Å². The Bertz CT molecular complexity index is 667. The SMILES string of the molecule is CCOC(=O)c1oc(-c2cccc(F)c2Br)nc1C(C)C. The molecule has 0 aliphatic carbocycles. The van der Waals surface area contributed by atoms with Crippen LogP contribution in [0.5, 0.6) is 0 Å². The Morgan fingerprint density at radius 1 is 1.48 bits per heavy atom. The molecule has 0 saturated carbocycles. The van der Waals surface area contributed by atoms with E-state index in [4.69, 9.17) is 9.15 Å². The number of oxazole rings is 1. The Morgan fingerprint density at radius 3 is 2.81 bits per heavy atom. The molecular weight excluding hydrogens is 341 g/mol. The summed E-state index contributed by atoms with van der Waals surface area (Å²) in [5, 5.41) is 0.